The van der Waals surface area contributed by atoms with Gasteiger partial charge in [0, 0.05) is 17.5 Å². The quantitative estimate of drug-likeness (QED) is 0.460. The Labute approximate surface area is 85.8 Å². The number of hydrogen-bond acceptors (Lipinski definition) is 4. The number of aromatic nitrogens is 1. The third kappa shape index (κ3) is 2.28. The van der Waals surface area contributed by atoms with Gasteiger partial charge in [0.25, 0.3) is 0 Å². The summed E-state index contributed by atoms with van der Waals surface area (Å²) in [5.41, 5.74) is 0.314. The van der Waals surface area contributed by atoms with E-state index in [4.69, 9.17) is 5.11 Å². The van der Waals surface area contributed by atoms with Gasteiger partial charge in [-0.3, -0.25) is 0 Å². The number of carboxylic acid groups (broad SMARTS) is 1. The molecule has 1 aromatic rings. The van der Waals surface area contributed by atoms with Crippen molar-refractivity contribution in [1.82, 2.24) is 4.98 Å². The molecule has 0 aliphatic heterocycles. The van der Waals surface area contributed by atoms with Gasteiger partial charge in [-0.25, -0.2) is 4.79 Å². The third-order valence-electron chi connectivity index (χ3n) is 1.83. The zero-order chi connectivity index (χ0) is 10.7. The highest BCUT2D eigenvalue weighted by Gasteiger charge is 2.19. The molecule has 0 aromatic carbocycles. The van der Waals surface area contributed by atoms with E-state index in [-0.39, 0.29) is 11.4 Å². The van der Waals surface area contributed by atoms with Crippen LogP contribution in [-0.2, 0) is 0 Å². The highest BCUT2D eigenvalue weighted by atomic mass is 32.1. The van der Waals surface area contributed by atoms with Gasteiger partial charge >= 0.3 is 5.97 Å². The van der Waals surface area contributed by atoms with Crippen LogP contribution in [0.5, 0.6) is 0 Å². The van der Waals surface area contributed by atoms with Crippen LogP contribution < -0.4 is 0 Å². The van der Waals surface area contributed by atoms with Crippen LogP contribution in [0.3, 0.4) is 0 Å². The van der Waals surface area contributed by atoms with E-state index in [2.05, 4.69) is 17.6 Å². The molecule has 5 nitrogen and oxygen atoms in total. The van der Waals surface area contributed by atoms with Gasteiger partial charge in [-0.05, 0) is 6.07 Å². The molecule has 1 rings (SSSR count). The summed E-state index contributed by atoms with van der Waals surface area (Å²) in [6, 6.07) is 1.28. The van der Waals surface area contributed by atoms with Gasteiger partial charge in [-0.2, -0.15) is 12.6 Å². The molecule has 1 aromatic heterocycles. The molecule has 4 N–H and O–H groups in total. The smallest absolute Gasteiger partial charge is 0.352 e. The highest BCUT2D eigenvalue weighted by molar-refractivity contribution is 7.80. The number of H-pyrrole nitrogens is 1. The summed E-state index contributed by atoms with van der Waals surface area (Å²) in [6.07, 6.45) is -0.770. The predicted octanol–water partition coefficient (Wildman–Crippen LogP) is 0.0370. The first-order valence-corrected chi connectivity index (χ1v) is 4.58. The van der Waals surface area contributed by atoms with Crippen LogP contribution >= 0.6 is 12.6 Å². The minimum absolute atomic E-state index is 0.0228. The summed E-state index contributed by atoms with van der Waals surface area (Å²) in [5.74, 6) is -1.00. The maximum atomic E-state index is 10.5. The van der Waals surface area contributed by atoms with E-state index in [1.807, 2.05) is 0 Å². The van der Waals surface area contributed by atoms with Crippen molar-refractivity contribution in [2.45, 2.75) is 12.2 Å². The molecule has 1 heterocycles. The monoisotopic (exact) mass is 217 g/mol. The molecule has 2 unspecified atom stereocenters. The first kappa shape index (κ1) is 11.1. The molecule has 6 heteroatoms. The summed E-state index contributed by atoms with van der Waals surface area (Å²) in [7, 11) is 0. The van der Waals surface area contributed by atoms with Gasteiger partial charge in [-0.1, -0.05) is 0 Å². The predicted molar refractivity (Wildman–Crippen MR) is 52.6 cm³/mol. The topological polar surface area (TPSA) is 93.6 Å². The van der Waals surface area contributed by atoms with Crippen LogP contribution in [0.25, 0.3) is 0 Å². The Hall–Kier alpha value is -0.980. The fourth-order valence-corrected chi connectivity index (χ4v) is 1.23. The summed E-state index contributed by atoms with van der Waals surface area (Å²) in [4.78, 5) is 13.0. The normalized spacial score (nSPS) is 15.1. The molecular formula is C8H11NO4S. The van der Waals surface area contributed by atoms with Crippen LogP contribution in [-0.4, -0.2) is 38.1 Å². The fraction of sp³-hybridized carbons (Fsp3) is 0.375. The van der Waals surface area contributed by atoms with E-state index in [1.54, 1.807) is 0 Å². The van der Waals surface area contributed by atoms with Gasteiger partial charge in [0.05, 0.1) is 6.10 Å². The summed E-state index contributed by atoms with van der Waals surface area (Å²) < 4.78 is 0. The number of hydrogen-bond donors (Lipinski definition) is 5. The second-order valence-electron chi connectivity index (χ2n) is 2.85. The number of rotatable bonds is 4. The molecule has 78 valence electrons. The lowest BCUT2D eigenvalue weighted by Gasteiger charge is -2.13. The lowest BCUT2D eigenvalue weighted by molar-refractivity contribution is 0.0338. The third-order valence-corrected chi connectivity index (χ3v) is 2.20. The standard InChI is InChI=1S/C8H11NO4S/c10-6(3-14)7(11)4-1-5(8(12)13)9-2-4/h1-2,6-7,9-11,14H,3H2,(H,12,13). The average molecular weight is 217 g/mol. The molecule has 0 fully saturated rings. The van der Waals surface area contributed by atoms with Crippen molar-refractivity contribution in [3.05, 3.63) is 23.5 Å². The van der Waals surface area contributed by atoms with Gasteiger partial charge in [0.1, 0.15) is 11.8 Å². The second kappa shape index (κ2) is 4.50. The van der Waals surface area contributed by atoms with Crippen LogP contribution in [0.2, 0.25) is 0 Å². The first-order valence-electron chi connectivity index (χ1n) is 3.95. The Bertz CT molecular complexity index is 325. The maximum Gasteiger partial charge on any atom is 0.352 e. The molecule has 0 amide bonds. The molecule has 0 spiro atoms. The van der Waals surface area contributed by atoms with Crippen molar-refractivity contribution in [2.75, 3.05) is 5.75 Å². The van der Waals surface area contributed by atoms with E-state index in [9.17, 15) is 15.0 Å². The molecule has 14 heavy (non-hydrogen) atoms. The Morgan fingerprint density at radius 3 is 2.64 bits per heavy atom. The molecule has 0 bridgehead atoms. The number of thiol groups is 1. The minimum atomic E-state index is -1.11. The molecule has 0 aliphatic rings. The molecule has 0 saturated carbocycles. The zero-order valence-electron chi connectivity index (χ0n) is 7.21. The first-order chi connectivity index (χ1) is 6.56. The SMILES string of the molecule is O=C(O)c1cc(C(O)C(O)CS)c[nH]1. The number of aliphatic hydroxyl groups is 2. The van der Waals surface area contributed by atoms with Crippen molar-refractivity contribution in [3.63, 3.8) is 0 Å². The lowest BCUT2D eigenvalue weighted by atomic mass is 10.1. The van der Waals surface area contributed by atoms with Gasteiger partial charge < -0.3 is 20.3 Å². The Balaban J connectivity index is 2.81. The Morgan fingerprint density at radius 1 is 1.57 bits per heavy atom. The van der Waals surface area contributed by atoms with Gasteiger partial charge in [-0.15, -0.1) is 0 Å². The number of aromatic amines is 1. The number of aliphatic hydroxyl groups excluding tert-OH is 2. The second-order valence-corrected chi connectivity index (χ2v) is 3.21. The van der Waals surface area contributed by atoms with E-state index >= 15 is 0 Å². The average Bonchev–Trinajstić information content (AvgIpc) is 2.64. The number of aromatic carboxylic acids is 1. The maximum absolute atomic E-state index is 10.5. The summed E-state index contributed by atoms with van der Waals surface area (Å²) >= 11 is 3.82. The molecular weight excluding hydrogens is 206 g/mol. The number of carboxylic acids is 1. The van der Waals surface area contributed by atoms with Crippen LogP contribution in [0.15, 0.2) is 12.3 Å². The van der Waals surface area contributed by atoms with Crippen LogP contribution in [0.4, 0.5) is 0 Å². The van der Waals surface area contributed by atoms with Gasteiger partial charge in [0.15, 0.2) is 0 Å². The van der Waals surface area contributed by atoms with Crippen molar-refractivity contribution >= 4 is 18.6 Å². The van der Waals surface area contributed by atoms with Crippen LogP contribution in [0.1, 0.15) is 22.2 Å². The highest BCUT2D eigenvalue weighted by Crippen LogP contribution is 2.18. The van der Waals surface area contributed by atoms with E-state index in [0.717, 1.165) is 0 Å². The van der Waals surface area contributed by atoms with Crippen molar-refractivity contribution in [1.29, 1.82) is 0 Å². The zero-order valence-corrected chi connectivity index (χ0v) is 8.11. The fourth-order valence-electron chi connectivity index (χ4n) is 1.03. The van der Waals surface area contributed by atoms with Crippen molar-refractivity contribution in [3.8, 4) is 0 Å². The van der Waals surface area contributed by atoms with E-state index in [1.165, 1.54) is 12.3 Å². The molecule has 0 radical (unpaired) electrons. The van der Waals surface area contributed by atoms with E-state index in [0.29, 0.717) is 5.56 Å². The van der Waals surface area contributed by atoms with Gasteiger partial charge in [0.2, 0.25) is 0 Å². The van der Waals surface area contributed by atoms with Crippen molar-refractivity contribution in [2.24, 2.45) is 0 Å². The number of nitrogens with one attached hydrogen (secondary N) is 1. The summed E-state index contributed by atoms with van der Waals surface area (Å²) in [6.45, 7) is 0. The van der Waals surface area contributed by atoms with E-state index < -0.39 is 18.2 Å². The Morgan fingerprint density at radius 2 is 2.21 bits per heavy atom. The summed E-state index contributed by atoms with van der Waals surface area (Å²) in [5, 5.41) is 27.3. The largest absolute Gasteiger partial charge is 0.477 e. The molecule has 2 atom stereocenters. The number of carbonyl (C=O) groups is 1. The minimum Gasteiger partial charge on any atom is -0.477 e. The molecule has 0 saturated heterocycles. The Kier molecular flexibility index (Phi) is 3.56. The molecule has 0 aliphatic carbocycles. The van der Waals surface area contributed by atoms with Crippen LogP contribution in [0, 0.1) is 0 Å². The van der Waals surface area contributed by atoms with Crippen molar-refractivity contribution < 1.29 is 20.1 Å². The lowest BCUT2D eigenvalue weighted by Crippen LogP contribution is -2.19.